The maximum atomic E-state index is 13.4. The first kappa shape index (κ1) is 26.6. The van der Waals surface area contributed by atoms with Crippen molar-refractivity contribution in [2.45, 2.75) is 51.7 Å². The third-order valence-corrected chi connectivity index (χ3v) is 8.52. The van der Waals surface area contributed by atoms with Gasteiger partial charge in [0.25, 0.3) is 5.56 Å². The van der Waals surface area contributed by atoms with E-state index in [1.54, 1.807) is 22.7 Å². The molecular weight excluding hydrogens is 504 g/mol. The van der Waals surface area contributed by atoms with Crippen molar-refractivity contribution in [2.24, 2.45) is 13.0 Å². The van der Waals surface area contributed by atoms with Crippen molar-refractivity contribution in [3.8, 4) is 0 Å². The summed E-state index contributed by atoms with van der Waals surface area (Å²) in [6.07, 6.45) is 9.48. The second-order valence-electron chi connectivity index (χ2n) is 12.0. The zero-order valence-electron chi connectivity index (χ0n) is 22.9. The molecule has 4 aliphatic rings. The summed E-state index contributed by atoms with van der Waals surface area (Å²) in [6, 6.07) is 1.97. The van der Waals surface area contributed by atoms with Crippen LogP contribution in [0.4, 0.5) is 4.79 Å². The molecule has 1 aromatic rings. The number of fused-ring (bicyclic) bond motifs is 2. The fourth-order valence-electron chi connectivity index (χ4n) is 5.99. The number of carbonyl (C=O) groups excluding carboxylic acids is 1. The summed E-state index contributed by atoms with van der Waals surface area (Å²) in [4.78, 5) is 30.0. The molecule has 1 N–H and O–H groups in total. The number of ether oxygens (including phenoxy) is 1. The molecule has 1 amide bonds. The van der Waals surface area contributed by atoms with E-state index in [1.807, 2.05) is 32.9 Å². The van der Waals surface area contributed by atoms with Gasteiger partial charge in [0.15, 0.2) is 9.84 Å². The van der Waals surface area contributed by atoms with Gasteiger partial charge in [-0.2, -0.15) is 0 Å². The molecule has 1 unspecified atom stereocenters. The third-order valence-electron chi connectivity index (χ3n) is 7.69. The second kappa shape index (κ2) is 9.63. The van der Waals surface area contributed by atoms with Crippen molar-refractivity contribution in [2.75, 3.05) is 38.2 Å². The van der Waals surface area contributed by atoms with Crippen LogP contribution in [0.25, 0.3) is 11.3 Å². The zero-order chi connectivity index (χ0) is 27.4. The van der Waals surface area contributed by atoms with Crippen LogP contribution in [0.2, 0.25) is 0 Å². The van der Waals surface area contributed by atoms with E-state index in [9.17, 15) is 18.0 Å². The van der Waals surface area contributed by atoms with Crippen LogP contribution in [0.15, 0.2) is 40.5 Å². The van der Waals surface area contributed by atoms with Crippen molar-refractivity contribution >= 4 is 27.2 Å². The van der Waals surface area contributed by atoms with Crippen LogP contribution in [0.5, 0.6) is 0 Å². The Bertz CT molecular complexity index is 1410. The van der Waals surface area contributed by atoms with E-state index < -0.39 is 15.4 Å². The Morgan fingerprint density at radius 2 is 1.89 bits per heavy atom. The number of hydrogen-bond donors (Lipinski definition) is 1. The minimum absolute atomic E-state index is 0.122. The number of nitrogens with one attached hydrogen (secondary N) is 1. The molecule has 1 saturated heterocycles. The molecule has 0 spiro atoms. The van der Waals surface area contributed by atoms with E-state index in [0.29, 0.717) is 35.7 Å². The quantitative estimate of drug-likeness (QED) is 0.624. The fourth-order valence-corrected chi connectivity index (χ4v) is 6.80. The smallest absolute Gasteiger partial charge is 0.410 e. The lowest BCUT2D eigenvalue weighted by molar-refractivity contribution is 0.0173. The lowest BCUT2D eigenvalue weighted by Crippen LogP contribution is -2.45. The van der Waals surface area contributed by atoms with Crippen LogP contribution in [0, 0.1) is 5.92 Å². The van der Waals surface area contributed by atoms with Crippen molar-refractivity contribution < 1.29 is 17.9 Å². The molecule has 0 radical (unpaired) electrons. The Morgan fingerprint density at radius 3 is 2.55 bits per heavy atom. The monoisotopic (exact) mass is 542 g/mol. The third kappa shape index (κ3) is 5.28. The van der Waals surface area contributed by atoms with Gasteiger partial charge < -0.3 is 24.4 Å². The largest absolute Gasteiger partial charge is 0.444 e. The van der Waals surface area contributed by atoms with Crippen molar-refractivity contribution in [3.63, 3.8) is 0 Å². The van der Waals surface area contributed by atoms with Gasteiger partial charge in [-0.3, -0.25) is 4.79 Å². The highest BCUT2D eigenvalue weighted by Crippen LogP contribution is 2.43. The predicted octanol–water partition coefficient (Wildman–Crippen LogP) is 2.75. The van der Waals surface area contributed by atoms with Crippen molar-refractivity contribution in [1.29, 1.82) is 0 Å². The van der Waals surface area contributed by atoms with Gasteiger partial charge in [0.2, 0.25) is 0 Å². The Kier molecular flexibility index (Phi) is 6.74. The summed E-state index contributed by atoms with van der Waals surface area (Å²) >= 11 is 0. The average Bonchev–Trinajstić information content (AvgIpc) is 3.09. The number of pyridine rings is 1. The van der Waals surface area contributed by atoms with Gasteiger partial charge in [0.1, 0.15) is 5.60 Å². The van der Waals surface area contributed by atoms with E-state index in [2.05, 4.69) is 16.4 Å². The van der Waals surface area contributed by atoms with Crippen LogP contribution in [0.3, 0.4) is 0 Å². The number of aryl methyl sites for hydroxylation is 1. The molecule has 9 nitrogen and oxygen atoms in total. The summed E-state index contributed by atoms with van der Waals surface area (Å²) in [5.74, 6) is 0.296. The number of amides is 1. The highest BCUT2D eigenvalue weighted by Gasteiger charge is 2.39. The van der Waals surface area contributed by atoms with Crippen LogP contribution in [-0.2, 0) is 21.6 Å². The highest BCUT2D eigenvalue weighted by atomic mass is 32.2. The van der Waals surface area contributed by atoms with Gasteiger partial charge in [-0.05, 0) is 74.8 Å². The number of allylic oxidation sites excluding steroid dienone is 1. The lowest BCUT2D eigenvalue weighted by Gasteiger charge is -2.37. The van der Waals surface area contributed by atoms with Gasteiger partial charge >= 0.3 is 6.09 Å². The highest BCUT2D eigenvalue weighted by molar-refractivity contribution is 7.91. The molecular formula is C28H38N4O5S. The minimum Gasteiger partial charge on any atom is -0.444 e. The molecule has 1 aliphatic carbocycles. The normalized spacial score (nSPS) is 21.8. The van der Waals surface area contributed by atoms with Crippen molar-refractivity contribution in [1.82, 2.24) is 19.7 Å². The first-order chi connectivity index (χ1) is 17.8. The fraction of sp³-hybridized carbons (Fsp3) is 0.571. The van der Waals surface area contributed by atoms with Crippen molar-refractivity contribution in [3.05, 3.63) is 57.2 Å². The predicted molar refractivity (Wildman–Crippen MR) is 148 cm³/mol. The Labute approximate surface area is 224 Å². The SMILES string of the molecule is Cn1ccc2c(c1=O)C1=C3C(=CN(CC4CCN(C(=O)OC(C)(C)C)CC4)C3CCN1)C=C2CS(C)(=O)=O. The summed E-state index contributed by atoms with van der Waals surface area (Å²) < 4.78 is 31.8. The number of aromatic nitrogens is 1. The van der Waals surface area contributed by atoms with E-state index in [-0.39, 0.29) is 23.4 Å². The number of hydrogen-bond acceptors (Lipinski definition) is 7. The van der Waals surface area contributed by atoms with Crippen LogP contribution in [-0.4, -0.2) is 78.7 Å². The maximum absolute atomic E-state index is 13.4. The maximum Gasteiger partial charge on any atom is 0.410 e. The summed E-state index contributed by atoms with van der Waals surface area (Å²) in [5.41, 5.74) is 4.13. The average molecular weight is 543 g/mol. The standard InChI is InChI=1S/C28H38N4O5S/c1-28(2,3)37-27(34)31-12-7-18(8-13-31)15-32-16-19-14-20(17-38(5,35)36)21-9-11-30(4)26(33)24(21)25-23(19)22(32)6-10-29-25/h9,11,14,16,18,22,29H,6-8,10,12-13,15,17H2,1-5H3. The molecule has 1 aromatic heterocycles. The van der Waals surface area contributed by atoms with Gasteiger partial charge in [-0.1, -0.05) is 0 Å². The van der Waals surface area contributed by atoms with E-state index in [0.717, 1.165) is 49.2 Å². The minimum atomic E-state index is -3.32. The van der Waals surface area contributed by atoms with Gasteiger partial charge in [-0.25, -0.2) is 13.2 Å². The molecule has 38 heavy (non-hydrogen) atoms. The van der Waals surface area contributed by atoms with Crippen LogP contribution >= 0.6 is 0 Å². The first-order valence-corrected chi connectivity index (χ1v) is 15.4. The Hall–Kier alpha value is -3.01. The van der Waals surface area contributed by atoms with Gasteiger partial charge in [0, 0.05) is 57.5 Å². The molecule has 10 heteroatoms. The van der Waals surface area contributed by atoms with Gasteiger partial charge in [0.05, 0.1) is 23.1 Å². The van der Waals surface area contributed by atoms with E-state index in [4.69, 9.17) is 4.74 Å². The molecule has 5 rings (SSSR count). The number of piperidine rings is 1. The number of nitrogens with zero attached hydrogens (tertiary/aromatic N) is 3. The van der Waals surface area contributed by atoms with E-state index >= 15 is 0 Å². The van der Waals surface area contributed by atoms with E-state index in [1.165, 1.54) is 6.26 Å². The first-order valence-electron chi connectivity index (χ1n) is 13.3. The Morgan fingerprint density at radius 1 is 1.18 bits per heavy atom. The molecule has 0 bridgehead atoms. The van der Waals surface area contributed by atoms with Crippen LogP contribution in [0.1, 0.15) is 51.2 Å². The van der Waals surface area contributed by atoms with Gasteiger partial charge in [-0.15, -0.1) is 0 Å². The Balaban J connectivity index is 1.43. The number of sulfone groups is 1. The number of likely N-dealkylation sites (tertiary alicyclic amines) is 1. The topological polar surface area (TPSA) is 101 Å². The molecule has 4 heterocycles. The molecule has 1 atom stereocenters. The molecule has 3 aliphatic heterocycles. The summed E-state index contributed by atoms with van der Waals surface area (Å²) in [7, 11) is -1.59. The molecule has 0 aromatic carbocycles. The second-order valence-corrected chi connectivity index (χ2v) is 14.1. The molecule has 0 saturated carbocycles. The number of rotatable bonds is 4. The molecule has 206 valence electrons. The van der Waals surface area contributed by atoms with Crippen LogP contribution < -0.4 is 10.9 Å². The lowest BCUT2D eigenvalue weighted by atomic mass is 9.91. The zero-order valence-corrected chi connectivity index (χ0v) is 23.7. The summed E-state index contributed by atoms with van der Waals surface area (Å²) in [5, 5.41) is 3.49. The summed E-state index contributed by atoms with van der Waals surface area (Å²) in [6.45, 7) is 8.57. The number of carbonyl (C=O) groups is 1. The molecule has 1 fully saturated rings.